The molecular formula is C10H21. The second-order valence-corrected chi connectivity index (χ2v) is 3.41. The van der Waals surface area contributed by atoms with Gasteiger partial charge in [-0.15, -0.1) is 0 Å². The van der Waals surface area contributed by atoms with Crippen molar-refractivity contribution in [2.75, 3.05) is 0 Å². The molecule has 61 valence electrons. The van der Waals surface area contributed by atoms with E-state index in [2.05, 4.69) is 34.6 Å². The number of hydrogen-bond acceptors (Lipinski definition) is 0. The van der Waals surface area contributed by atoms with Gasteiger partial charge in [0.1, 0.15) is 0 Å². The molecule has 0 saturated carbocycles. The summed E-state index contributed by atoms with van der Waals surface area (Å²) in [5.41, 5.74) is 0. The van der Waals surface area contributed by atoms with Crippen molar-refractivity contribution >= 4 is 0 Å². The average molecular weight is 141 g/mol. The Hall–Kier alpha value is 0. The van der Waals surface area contributed by atoms with Crippen LogP contribution in [0.2, 0.25) is 0 Å². The highest BCUT2D eigenvalue weighted by Gasteiger charge is 2.15. The van der Waals surface area contributed by atoms with Crippen LogP contribution in [0.25, 0.3) is 0 Å². The predicted octanol–water partition coefficient (Wildman–Crippen LogP) is 3.53. The molecule has 0 amide bonds. The van der Waals surface area contributed by atoms with Crippen molar-refractivity contribution in [3.63, 3.8) is 0 Å². The molecule has 0 aromatic carbocycles. The van der Waals surface area contributed by atoms with Crippen LogP contribution in [0.3, 0.4) is 0 Å². The zero-order valence-corrected chi connectivity index (χ0v) is 7.85. The molecule has 0 N–H and O–H groups in total. The van der Waals surface area contributed by atoms with Gasteiger partial charge in [0, 0.05) is 0 Å². The van der Waals surface area contributed by atoms with Gasteiger partial charge in [0.25, 0.3) is 0 Å². The third kappa shape index (κ3) is 2.72. The first-order valence-corrected chi connectivity index (χ1v) is 4.46. The highest BCUT2D eigenvalue weighted by molar-refractivity contribution is 4.70. The summed E-state index contributed by atoms with van der Waals surface area (Å²) in [7, 11) is 0. The first kappa shape index (κ1) is 10.0. The van der Waals surface area contributed by atoms with E-state index in [1.807, 2.05) is 0 Å². The summed E-state index contributed by atoms with van der Waals surface area (Å²) in [5, 5.41) is 0. The molecule has 0 nitrogen and oxygen atoms in total. The van der Waals surface area contributed by atoms with Crippen LogP contribution in [0, 0.1) is 24.7 Å². The third-order valence-electron chi connectivity index (χ3n) is 2.69. The summed E-state index contributed by atoms with van der Waals surface area (Å²) in [6, 6.07) is 0. The van der Waals surface area contributed by atoms with E-state index in [9.17, 15) is 0 Å². The van der Waals surface area contributed by atoms with Crippen molar-refractivity contribution in [1.29, 1.82) is 0 Å². The topological polar surface area (TPSA) is 0 Å². The Kier molecular flexibility index (Phi) is 4.76. The fourth-order valence-electron chi connectivity index (χ4n) is 1.50. The smallest absolute Gasteiger partial charge is 0.0389 e. The van der Waals surface area contributed by atoms with Crippen molar-refractivity contribution in [2.45, 2.75) is 40.5 Å². The minimum Gasteiger partial charge on any atom is -0.0651 e. The van der Waals surface area contributed by atoms with E-state index in [0.717, 1.165) is 11.8 Å². The Morgan fingerprint density at radius 2 is 1.50 bits per heavy atom. The van der Waals surface area contributed by atoms with Crippen LogP contribution in [-0.2, 0) is 0 Å². The maximum Gasteiger partial charge on any atom is -0.0389 e. The molecule has 0 spiro atoms. The van der Waals surface area contributed by atoms with Crippen LogP contribution in [-0.4, -0.2) is 0 Å². The van der Waals surface area contributed by atoms with Gasteiger partial charge in [0.2, 0.25) is 0 Å². The van der Waals surface area contributed by atoms with Crippen LogP contribution < -0.4 is 0 Å². The van der Waals surface area contributed by atoms with E-state index < -0.39 is 0 Å². The molecule has 0 bridgehead atoms. The van der Waals surface area contributed by atoms with Gasteiger partial charge < -0.3 is 0 Å². The monoisotopic (exact) mass is 141 g/mol. The quantitative estimate of drug-likeness (QED) is 0.562. The summed E-state index contributed by atoms with van der Waals surface area (Å²) >= 11 is 0. The Morgan fingerprint density at radius 1 is 1.10 bits per heavy atom. The summed E-state index contributed by atoms with van der Waals surface area (Å²) in [6.07, 6.45) is 2.61. The normalized spacial score (nSPS) is 14.7. The van der Waals surface area contributed by atoms with Crippen LogP contribution in [0.4, 0.5) is 0 Å². The van der Waals surface area contributed by atoms with E-state index in [0.29, 0.717) is 5.92 Å². The lowest BCUT2D eigenvalue weighted by Gasteiger charge is -2.24. The SMILES string of the molecule is [CH2]C(C)C(C)C(CC)CC. The van der Waals surface area contributed by atoms with Gasteiger partial charge in [-0.2, -0.15) is 0 Å². The minimum atomic E-state index is 0.602. The molecule has 0 aliphatic heterocycles. The Labute approximate surface area is 66.0 Å². The first-order chi connectivity index (χ1) is 4.63. The van der Waals surface area contributed by atoms with Gasteiger partial charge in [-0.3, -0.25) is 0 Å². The molecule has 1 radical (unpaired) electrons. The van der Waals surface area contributed by atoms with Crippen LogP contribution >= 0.6 is 0 Å². The largest absolute Gasteiger partial charge is 0.0651 e. The molecule has 0 rings (SSSR count). The lowest BCUT2D eigenvalue weighted by atomic mass is 9.82. The van der Waals surface area contributed by atoms with Gasteiger partial charge in [-0.05, 0) is 17.8 Å². The summed E-state index contributed by atoms with van der Waals surface area (Å²) < 4.78 is 0. The van der Waals surface area contributed by atoms with E-state index in [-0.39, 0.29) is 0 Å². The van der Waals surface area contributed by atoms with Gasteiger partial charge in [-0.25, -0.2) is 0 Å². The Balaban J connectivity index is 3.76. The molecule has 0 heterocycles. The second kappa shape index (κ2) is 4.76. The maximum atomic E-state index is 4.06. The highest BCUT2D eigenvalue weighted by Crippen LogP contribution is 2.25. The lowest BCUT2D eigenvalue weighted by Crippen LogP contribution is -2.15. The summed E-state index contributed by atoms with van der Waals surface area (Å²) in [5.74, 6) is 2.27. The van der Waals surface area contributed by atoms with Gasteiger partial charge in [0.05, 0.1) is 0 Å². The zero-order valence-electron chi connectivity index (χ0n) is 7.85. The molecule has 0 aromatic rings. The van der Waals surface area contributed by atoms with Crippen molar-refractivity contribution in [3.05, 3.63) is 6.92 Å². The van der Waals surface area contributed by atoms with Crippen LogP contribution in [0.15, 0.2) is 0 Å². The standard InChI is InChI=1S/C10H21/c1-6-10(7-2)9(5)8(3)4/h8-10H,3,6-7H2,1-2,4-5H3. The van der Waals surface area contributed by atoms with Gasteiger partial charge >= 0.3 is 0 Å². The molecule has 0 saturated heterocycles. The van der Waals surface area contributed by atoms with Gasteiger partial charge in [0.15, 0.2) is 0 Å². The van der Waals surface area contributed by atoms with Crippen LogP contribution in [0.1, 0.15) is 40.5 Å². The molecular weight excluding hydrogens is 120 g/mol. The van der Waals surface area contributed by atoms with Crippen molar-refractivity contribution in [2.24, 2.45) is 17.8 Å². The number of rotatable bonds is 4. The highest BCUT2D eigenvalue weighted by atomic mass is 14.2. The molecule has 0 aliphatic carbocycles. The summed E-state index contributed by atoms with van der Waals surface area (Å²) in [6.45, 7) is 13.1. The molecule has 10 heavy (non-hydrogen) atoms. The minimum absolute atomic E-state index is 0.602. The molecule has 0 heteroatoms. The van der Waals surface area contributed by atoms with Crippen molar-refractivity contribution in [1.82, 2.24) is 0 Å². The lowest BCUT2D eigenvalue weighted by molar-refractivity contribution is 0.280. The van der Waals surface area contributed by atoms with Crippen molar-refractivity contribution < 1.29 is 0 Å². The molecule has 0 fully saturated rings. The van der Waals surface area contributed by atoms with Crippen LogP contribution in [0.5, 0.6) is 0 Å². The Bertz CT molecular complexity index is 70.1. The van der Waals surface area contributed by atoms with E-state index >= 15 is 0 Å². The second-order valence-electron chi connectivity index (χ2n) is 3.41. The zero-order chi connectivity index (χ0) is 8.15. The average Bonchev–Trinajstić information content (AvgIpc) is 1.90. The summed E-state index contributed by atoms with van der Waals surface area (Å²) in [4.78, 5) is 0. The third-order valence-corrected chi connectivity index (χ3v) is 2.69. The predicted molar refractivity (Wildman–Crippen MR) is 47.8 cm³/mol. The molecule has 2 atom stereocenters. The van der Waals surface area contributed by atoms with E-state index in [4.69, 9.17) is 0 Å². The molecule has 0 aliphatic rings. The van der Waals surface area contributed by atoms with Gasteiger partial charge in [-0.1, -0.05) is 47.5 Å². The fourth-order valence-corrected chi connectivity index (χ4v) is 1.50. The Morgan fingerprint density at radius 3 is 1.60 bits per heavy atom. The molecule has 0 aromatic heterocycles. The fraction of sp³-hybridized carbons (Fsp3) is 0.900. The first-order valence-electron chi connectivity index (χ1n) is 4.46. The maximum absolute atomic E-state index is 4.06. The van der Waals surface area contributed by atoms with E-state index in [1.165, 1.54) is 12.8 Å². The number of hydrogen-bond donors (Lipinski definition) is 0. The van der Waals surface area contributed by atoms with E-state index in [1.54, 1.807) is 0 Å². The molecule has 2 unspecified atom stereocenters. The van der Waals surface area contributed by atoms with Crippen molar-refractivity contribution in [3.8, 4) is 0 Å².